The Labute approximate surface area is 118 Å². The third-order valence-electron chi connectivity index (χ3n) is 3.43. The SMILES string of the molecule is COc1cccc(F)c1C(O)c1ccc(C(C)C)cc1. The van der Waals surface area contributed by atoms with Gasteiger partial charge in [0.1, 0.15) is 17.7 Å². The molecule has 0 aliphatic rings. The van der Waals surface area contributed by atoms with Crippen molar-refractivity contribution in [1.82, 2.24) is 0 Å². The highest BCUT2D eigenvalue weighted by atomic mass is 19.1. The molecule has 0 radical (unpaired) electrons. The smallest absolute Gasteiger partial charge is 0.133 e. The Balaban J connectivity index is 2.38. The van der Waals surface area contributed by atoms with Crippen LogP contribution in [0.15, 0.2) is 42.5 Å². The van der Waals surface area contributed by atoms with E-state index in [9.17, 15) is 9.50 Å². The van der Waals surface area contributed by atoms with E-state index in [2.05, 4.69) is 13.8 Å². The first-order valence-electron chi connectivity index (χ1n) is 6.65. The Kier molecular flexibility index (Phi) is 4.40. The summed E-state index contributed by atoms with van der Waals surface area (Å²) in [6.07, 6.45) is -1.03. The van der Waals surface area contributed by atoms with E-state index in [-0.39, 0.29) is 5.56 Å². The van der Waals surface area contributed by atoms with Crippen LogP contribution in [-0.2, 0) is 0 Å². The van der Waals surface area contributed by atoms with Crippen LogP contribution in [0.4, 0.5) is 4.39 Å². The van der Waals surface area contributed by atoms with Crippen LogP contribution in [0, 0.1) is 5.82 Å². The summed E-state index contributed by atoms with van der Waals surface area (Å²) in [7, 11) is 1.47. The van der Waals surface area contributed by atoms with Gasteiger partial charge in [0.15, 0.2) is 0 Å². The topological polar surface area (TPSA) is 29.5 Å². The van der Waals surface area contributed by atoms with Crippen molar-refractivity contribution in [2.45, 2.75) is 25.9 Å². The molecule has 0 aliphatic carbocycles. The van der Waals surface area contributed by atoms with Gasteiger partial charge in [0.25, 0.3) is 0 Å². The number of rotatable bonds is 4. The molecule has 0 fully saturated rings. The zero-order chi connectivity index (χ0) is 14.7. The Bertz CT molecular complexity index is 576. The number of benzene rings is 2. The lowest BCUT2D eigenvalue weighted by molar-refractivity contribution is 0.209. The maximum atomic E-state index is 13.9. The van der Waals surface area contributed by atoms with Crippen molar-refractivity contribution in [1.29, 1.82) is 0 Å². The molecule has 106 valence electrons. The third kappa shape index (κ3) is 2.83. The normalized spacial score (nSPS) is 12.5. The van der Waals surface area contributed by atoms with Crippen molar-refractivity contribution in [3.8, 4) is 5.75 Å². The van der Waals surface area contributed by atoms with E-state index in [1.807, 2.05) is 24.3 Å². The summed E-state index contributed by atoms with van der Waals surface area (Å²) >= 11 is 0. The molecule has 20 heavy (non-hydrogen) atoms. The second kappa shape index (κ2) is 6.06. The molecule has 0 bridgehead atoms. The third-order valence-corrected chi connectivity index (χ3v) is 3.43. The summed E-state index contributed by atoms with van der Waals surface area (Å²) in [4.78, 5) is 0. The van der Waals surface area contributed by atoms with Gasteiger partial charge in [-0.1, -0.05) is 44.2 Å². The van der Waals surface area contributed by atoms with Crippen LogP contribution in [0.5, 0.6) is 5.75 Å². The fraction of sp³-hybridized carbons (Fsp3) is 0.294. The maximum Gasteiger partial charge on any atom is 0.133 e. The van der Waals surface area contributed by atoms with Crippen LogP contribution in [0.3, 0.4) is 0 Å². The summed E-state index contributed by atoms with van der Waals surface area (Å²) in [5.74, 6) is 0.305. The minimum atomic E-state index is -1.03. The minimum Gasteiger partial charge on any atom is -0.496 e. The molecule has 1 N–H and O–H groups in total. The van der Waals surface area contributed by atoms with Crippen LogP contribution in [0.25, 0.3) is 0 Å². The zero-order valence-corrected chi connectivity index (χ0v) is 11.9. The highest BCUT2D eigenvalue weighted by molar-refractivity contribution is 5.41. The maximum absolute atomic E-state index is 13.9. The van der Waals surface area contributed by atoms with Gasteiger partial charge in [-0.3, -0.25) is 0 Å². The molecule has 3 heteroatoms. The number of ether oxygens (including phenoxy) is 1. The van der Waals surface area contributed by atoms with Crippen molar-refractivity contribution in [2.75, 3.05) is 7.11 Å². The molecule has 0 amide bonds. The van der Waals surface area contributed by atoms with Crippen molar-refractivity contribution >= 4 is 0 Å². The lowest BCUT2D eigenvalue weighted by Crippen LogP contribution is -2.05. The Morgan fingerprint density at radius 2 is 1.60 bits per heavy atom. The first-order chi connectivity index (χ1) is 9.54. The van der Waals surface area contributed by atoms with Crippen LogP contribution in [0.2, 0.25) is 0 Å². The number of hydrogen-bond donors (Lipinski definition) is 1. The highest BCUT2D eigenvalue weighted by Crippen LogP contribution is 2.32. The van der Waals surface area contributed by atoms with E-state index in [0.717, 1.165) is 0 Å². The van der Waals surface area contributed by atoms with Gasteiger partial charge >= 0.3 is 0 Å². The van der Waals surface area contributed by atoms with E-state index < -0.39 is 11.9 Å². The second-order valence-electron chi connectivity index (χ2n) is 5.08. The van der Waals surface area contributed by atoms with Gasteiger partial charge in [-0.2, -0.15) is 0 Å². The van der Waals surface area contributed by atoms with E-state index in [0.29, 0.717) is 17.2 Å². The minimum absolute atomic E-state index is 0.173. The van der Waals surface area contributed by atoms with E-state index in [1.54, 1.807) is 12.1 Å². The first-order valence-corrected chi connectivity index (χ1v) is 6.65. The van der Waals surface area contributed by atoms with Crippen LogP contribution in [-0.4, -0.2) is 12.2 Å². The highest BCUT2D eigenvalue weighted by Gasteiger charge is 2.19. The standard InChI is InChI=1S/C17H19FO2/c1-11(2)12-7-9-13(10-8-12)17(19)16-14(18)5-4-6-15(16)20-3/h4-11,17,19H,1-3H3. The van der Waals surface area contributed by atoms with E-state index >= 15 is 0 Å². The Morgan fingerprint density at radius 3 is 2.15 bits per heavy atom. The Morgan fingerprint density at radius 1 is 1.00 bits per heavy atom. The molecule has 0 saturated heterocycles. The molecule has 0 saturated carbocycles. The average molecular weight is 274 g/mol. The molecular formula is C17H19FO2. The van der Waals surface area contributed by atoms with Gasteiger partial charge in [0, 0.05) is 0 Å². The van der Waals surface area contributed by atoms with Gasteiger partial charge in [-0.25, -0.2) is 4.39 Å². The molecular weight excluding hydrogens is 255 g/mol. The first kappa shape index (κ1) is 14.5. The molecule has 2 aromatic carbocycles. The molecule has 1 atom stereocenters. The van der Waals surface area contributed by atoms with E-state index in [1.165, 1.54) is 18.7 Å². The Hall–Kier alpha value is -1.87. The summed E-state index contributed by atoms with van der Waals surface area (Å²) in [5, 5.41) is 10.4. The van der Waals surface area contributed by atoms with Crippen LogP contribution >= 0.6 is 0 Å². The van der Waals surface area contributed by atoms with Crippen molar-refractivity contribution in [3.63, 3.8) is 0 Å². The average Bonchev–Trinajstić information content (AvgIpc) is 2.46. The fourth-order valence-electron chi connectivity index (χ4n) is 2.19. The monoisotopic (exact) mass is 274 g/mol. The van der Waals surface area contributed by atoms with Gasteiger partial charge in [-0.15, -0.1) is 0 Å². The summed E-state index contributed by atoms with van der Waals surface area (Å²) in [5.41, 5.74) is 2.01. The molecule has 0 aromatic heterocycles. The van der Waals surface area contributed by atoms with Gasteiger partial charge in [-0.05, 0) is 29.2 Å². The fourth-order valence-corrected chi connectivity index (χ4v) is 2.19. The lowest BCUT2D eigenvalue weighted by atomic mass is 9.96. The summed E-state index contributed by atoms with van der Waals surface area (Å²) in [6.45, 7) is 4.21. The number of aliphatic hydroxyl groups is 1. The van der Waals surface area contributed by atoms with Gasteiger partial charge in [0.05, 0.1) is 12.7 Å². The van der Waals surface area contributed by atoms with Crippen molar-refractivity contribution in [3.05, 3.63) is 65.0 Å². The molecule has 2 nitrogen and oxygen atoms in total. The van der Waals surface area contributed by atoms with Crippen molar-refractivity contribution in [2.24, 2.45) is 0 Å². The number of aliphatic hydroxyl groups excluding tert-OH is 1. The lowest BCUT2D eigenvalue weighted by Gasteiger charge is -2.16. The molecule has 2 rings (SSSR count). The molecule has 0 spiro atoms. The number of halogens is 1. The summed E-state index contributed by atoms with van der Waals surface area (Å²) < 4.78 is 19.1. The number of methoxy groups -OCH3 is 1. The predicted octanol–water partition coefficient (Wildman–Crippen LogP) is 4.04. The van der Waals surface area contributed by atoms with Gasteiger partial charge < -0.3 is 9.84 Å². The molecule has 0 aliphatic heterocycles. The van der Waals surface area contributed by atoms with E-state index in [4.69, 9.17) is 4.74 Å². The summed E-state index contributed by atoms with van der Waals surface area (Å²) in [6, 6.07) is 12.1. The van der Waals surface area contributed by atoms with Crippen LogP contribution in [0.1, 0.15) is 42.6 Å². The van der Waals surface area contributed by atoms with Crippen LogP contribution < -0.4 is 4.74 Å². The number of hydrogen-bond acceptors (Lipinski definition) is 2. The second-order valence-corrected chi connectivity index (χ2v) is 5.08. The largest absolute Gasteiger partial charge is 0.496 e. The molecule has 2 aromatic rings. The van der Waals surface area contributed by atoms with Crippen molar-refractivity contribution < 1.29 is 14.2 Å². The molecule has 0 heterocycles. The molecule has 1 unspecified atom stereocenters. The zero-order valence-electron chi connectivity index (χ0n) is 11.9. The quantitative estimate of drug-likeness (QED) is 0.911. The van der Waals surface area contributed by atoms with Gasteiger partial charge in [0.2, 0.25) is 0 Å². The predicted molar refractivity (Wildman–Crippen MR) is 77.5 cm³/mol.